The highest BCUT2D eigenvalue weighted by Gasteiger charge is 2.15. The molecule has 0 fully saturated rings. The molecular weight excluding hydrogens is 241 g/mol. The Hall–Kier alpha value is -2.10. The molecule has 2 aromatic carbocycles. The minimum Gasteiger partial charge on any atom is -0.294 e. The van der Waals surface area contributed by atoms with Crippen LogP contribution in [0.5, 0.6) is 0 Å². The van der Waals surface area contributed by atoms with Crippen molar-refractivity contribution in [2.75, 3.05) is 0 Å². The lowest BCUT2D eigenvalue weighted by atomic mass is 10.0. The molecule has 0 saturated heterocycles. The third-order valence-electron chi connectivity index (χ3n) is 2.55. The Morgan fingerprint density at radius 1 is 0.944 bits per heavy atom. The number of halogens is 3. The van der Waals surface area contributed by atoms with Gasteiger partial charge < -0.3 is 0 Å². The fourth-order valence-corrected chi connectivity index (χ4v) is 1.74. The van der Waals surface area contributed by atoms with Crippen molar-refractivity contribution in [1.29, 1.82) is 0 Å². The highest BCUT2D eigenvalue weighted by atomic mass is 19.1. The third-order valence-corrected chi connectivity index (χ3v) is 2.55. The summed E-state index contributed by atoms with van der Waals surface area (Å²) in [4.78, 5) is 11.0. The maximum Gasteiger partial charge on any atom is 0.165 e. The van der Waals surface area contributed by atoms with Gasteiger partial charge >= 0.3 is 0 Å². The van der Waals surface area contributed by atoms with E-state index in [1.165, 1.54) is 24.3 Å². The quantitative estimate of drug-likeness (QED) is 0.737. The van der Waals surface area contributed by atoms with Gasteiger partial charge in [-0.3, -0.25) is 4.79 Å². The molecule has 0 radical (unpaired) electrons. The molecule has 0 aliphatic rings. The maximum atomic E-state index is 13.6. The Morgan fingerprint density at radius 2 is 1.56 bits per heavy atom. The van der Waals surface area contributed by atoms with Crippen LogP contribution >= 0.6 is 0 Å². The Bertz CT molecular complexity index is 597. The summed E-state index contributed by atoms with van der Waals surface area (Å²) in [6.07, 6.45) is 0. The molecule has 92 valence electrons. The zero-order valence-corrected chi connectivity index (χ0v) is 9.51. The third kappa shape index (κ3) is 2.27. The summed E-state index contributed by atoms with van der Waals surface area (Å²) in [5.41, 5.74) is -0.0347. The molecule has 0 bridgehead atoms. The van der Waals surface area contributed by atoms with Crippen LogP contribution in [0, 0.1) is 17.5 Å². The van der Waals surface area contributed by atoms with Gasteiger partial charge in [-0.05, 0) is 42.3 Å². The van der Waals surface area contributed by atoms with E-state index in [1.54, 1.807) is 0 Å². The van der Waals surface area contributed by atoms with Crippen molar-refractivity contribution in [2.45, 2.75) is 6.92 Å². The Labute approximate surface area is 102 Å². The van der Waals surface area contributed by atoms with Gasteiger partial charge in [-0.1, -0.05) is 12.1 Å². The van der Waals surface area contributed by atoms with Gasteiger partial charge in [-0.15, -0.1) is 0 Å². The largest absolute Gasteiger partial charge is 0.294 e. The number of Topliss-reactive ketones (excluding diaryl/α,β-unsaturated/α-hetero) is 1. The second kappa shape index (κ2) is 4.64. The standard InChI is InChI=1S/C14H9F3O/c1-8(18)14-12(16)6-10(7-13(14)17)9-3-2-4-11(15)5-9/h2-7H,1H3. The van der Waals surface area contributed by atoms with Crippen LogP contribution in [0.4, 0.5) is 13.2 Å². The molecule has 0 aromatic heterocycles. The lowest BCUT2D eigenvalue weighted by Gasteiger charge is -2.06. The van der Waals surface area contributed by atoms with Crippen molar-refractivity contribution < 1.29 is 18.0 Å². The van der Waals surface area contributed by atoms with Gasteiger partial charge in [0.05, 0.1) is 5.56 Å². The lowest BCUT2D eigenvalue weighted by molar-refractivity contribution is 0.101. The van der Waals surface area contributed by atoms with Crippen molar-refractivity contribution >= 4 is 5.78 Å². The monoisotopic (exact) mass is 250 g/mol. The summed E-state index contributed by atoms with van der Waals surface area (Å²) >= 11 is 0. The number of hydrogen-bond donors (Lipinski definition) is 0. The molecular formula is C14H9F3O. The molecule has 0 aliphatic carbocycles. The highest BCUT2D eigenvalue weighted by Crippen LogP contribution is 2.25. The van der Waals surface area contributed by atoms with Gasteiger partial charge in [0.1, 0.15) is 17.5 Å². The molecule has 2 rings (SSSR count). The van der Waals surface area contributed by atoms with Gasteiger partial charge in [-0.2, -0.15) is 0 Å². The van der Waals surface area contributed by atoms with Crippen LogP contribution in [0.2, 0.25) is 0 Å². The molecule has 2 aromatic rings. The first-order chi connectivity index (χ1) is 8.49. The van der Waals surface area contributed by atoms with E-state index in [0.29, 0.717) is 5.56 Å². The molecule has 0 saturated carbocycles. The fourth-order valence-electron chi connectivity index (χ4n) is 1.74. The second-order valence-corrected chi connectivity index (χ2v) is 3.88. The predicted octanol–water partition coefficient (Wildman–Crippen LogP) is 3.97. The van der Waals surface area contributed by atoms with Crippen molar-refractivity contribution in [3.63, 3.8) is 0 Å². The van der Waals surface area contributed by atoms with Gasteiger partial charge in [0, 0.05) is 0 Å². The van der Waals surface area contributed by atoms with Crippen LogP contribution < -0.4 is 0 Å². The van der Waals surface area contributed by atoms with Crippen molar-refractivity contribution in [1.82, 2.24) is 0 Å². The molecule has 0 N–H and O–H groups in total. The van der Waals surface area contributed by atoms with E-state index in [4.69, 9.17) is 0 Å². The number of carbonyl (C=O) groups is 1. The average Bonchev–Trinajstić information content (AvgIpc) is 2.27. The van der Waals surface area contributed by atoms with Crippen LogP contribution in [-0.2, 0) is 0 Å². The summed E-state index contributed by atoms with van der Waals surface area (Å²) in [6, 6.07) is 7.43. The highest BCUT2D eigenvalue weighted by molar-refractivity contribution is 5.95. The first kappa shape index (κ1) is 12.4. The number of hydrogen-bond acceptors (Lipinski definition) is 1. The minimum atomic E-state index is -0.943. The Kier molecular flexibility index (Phi) is 3.19. The van der Waals surface area contributed by atoms with Gasteiger partial charge in [-0.25, -0.2) is 13.2 Å². The van der Waals surface area contributed by atoms with Crippen molar-refractivity contribution in [2.24, 2.45) is 0 Å². The van der Waals surface area contributed by atoms with Crippen molar-refractivity contribution in [3.05, 3.63) is 59.4 Å². The number of carbonyl (C=O) groups excluding carboxylic acids is 1. The van der Waals surface area contributed by atoms with E-state index in [0.717, 1.165) is 19.1 Å². The van der Waals surface area contributed by atoms with Crippen LogP contribution in [0.3, 0.4) is 0 Å². The number of benzene rings is 2. The lowest BCUT2D eigenvalue weighted by Crippen LogP contribution is -2.02. The molecule has 0 unspecified atom stereocenters. The van der Waals surface area contributed by atoms with Crippen molar-refractivity contribution in [3.8, 4) is 11.1 Å². The zero-order valence-electron chi connectivity index (χ0n) is 9.51. The molecule has 4 heteroatoms. The summed E-state index contributed by atoms with van der Waals surface area (Å²) < 4.78 is 40.2. The van der Waals surface area contributed by atoms with E-state index in [-0.39, 0.29) is 5.56 Å². The average molecular weight is 250 g/mol. The Balaban J connectivity index is 2.58. The molecule has 0 spiro atoms. The Morgan fingerprint density at radius 3 is 2.06 bits per heavy atom. The van der Waals surface area contributed by atoms with Gasteiger partial charge in [0.2, 0.25) is 0 Å². The summed E-state index contributed by atoms with van der Waals surface area (Å²) in [5, 5.41) is 0. The summed E-state index contributed by atoms with van der Waals surface area (Å²) in [7, 11) is 0. The zero-order chi connectivity index (χ0) is 13.3. The second-order valence-electron chi connectivity index (χ2n) is 3.88. The van der Waals surface area contributed by atoms with Crippen LogP contribution in [0.1, 0.15) is 17.3 Å². The molecule has 0 aliphatic heterocycles. The van der Waals surface area contributed by atoms with Gasteiger partial charge in [0.25, 0.3) is 0 Å². The fraction of sp³-hybridized carbons (Fsp3) is 0.0714. The van der Waals surface area contributed by atoms with Crippen LogP contribution in [0.15, 0.2) is 36.4 Å². The maximum absolute atomic E-state index is 13.6. The van der Waals surface area contributed by atoms with Gasteiger partial charge in [0.15, 0.2) is 5.78 Å². The van der Waals surface area contributed by atoms with E-state index in [2.05, 4.69) is 0 Å². The number of rotatable bonds is 2. The minimum absolute atomic E-state index is 0.189. The molecule has 0 amide bonds. The van der Waals surface area contributed by atoms with E-state index in [9.17, 15) is 18.0 Å². The van der Waals surface area contributed by atoms with Crippen LogP contribution in [0.25, 0.3) is 11.1 Å². The number of ketones is 1. The smallest absolute Gasteiger partial charge is 0.165 e. The van der Waals surface area contributed by atoms with Crippen LogP contribution in [-0.4, -0.2) is 5.78 Å². The molecule has 0 heterocycles. The van der Waals surface area contributed by atoms with E-state index in [1.807, 2.05) is 0 Å². The topological polar surface area (TPSA) is 17.1 Å². The summed E-state index contributed by atoms with van der Waals surface area (Å²) in [6.45, 7) is 1.09. The first-order valence-corrected chi connectivity index (χ1v) is 5.25. The normalized spacial score (nSPS) is 10.4. The molecule has 1 nitrogen and oxygen atoms in total. The van der Waals surface area contributed by atoms with E-state index >= 15 is 0 Å². The van der Waals surface area contributed by atoms with E-state index < -0.39 is 28.8 Å². The molecule has 0 atom stereocenters. The SMILES string of the molecule is CC(=O)c1c(F)cc(-c2cccc(F)c2)cc1F. The predicted molar refractivity (Wildman–Crippen MR) is 61.8 cm³/mol. The molecule has 18 heavy (non-hydrogen) atoms. The summed E-state index contributed by atoms with van der Waals surface area (Å²) in [5.74, 6) is -3.07. The first-order valence-electron chi connectivity index (χ1n) is 5.25.